The number of carbonyl (C=O) groups excluding carboxylic acids is 2. The summed E-state index contributed by atoms with van der Waals surface area (Å²) in [7, 11) is 6.05. The maximum Gasteiger partial charge on any atom is 0.490 e. The number of aliphatic hydroxyl groups excluding tert-OH is 1. The van der Waals surface area contributed by atoms with Crippen LogP contribution < -0.4 is 0 Å². The quantitative estimate of drug-likeness (QED) is 0.327. The van der Waals surface area contributed by atoms with Gasteiger partial charge in [-0.15, -0.1) is 0 Å². The van der Waals surface area contributed by atoms with Crippen molar-refractivity contribution in [3.05, 3.63) is 0 Å². The molecule has 0 aromatic rings. The highest BCUT2D eigenvalue weighted by Gasteiger charge is 2.73. The van der Waals surface area contributed by atoms with E-state index in [-0.39, 0.29) is 25.0 Å². The third-order valence-electron chi connectivity index (χ3n) is 6.45. The zero-order valence-electron chi connectivity index (χ0n) is 21.1. The molecular formula is C21H32F3NO12. The SMILES string of the molecule is COC(C)(OC)OC.COC1(C)OC2C3O[C@@H](C4C(=O)N(CCCO)C(=O)C34)[C@H]2O1.O=C(O)C(F)(F)F. The number of likely N-dealkylation sites (tertiary alicyclic amines) is 1. The number of nitrogens with zero attached hydrogens (tertiary/aromatic N) is 1. The van der Waals surface area contributed by atoms with E-state index in [9.17, 15) is 22.8 Å². The molecule has 0 aliphatic carbocycles. The molecule has 0 spiro atoms. The van der Waals surface area contributed by atoms with E-state index in [4.69, 9.17) is 48.2 Å². The van der Waals surface area contributed by atoms with Gasteiger partial charge in [0.1, 0.15) is 12.2 Å². The molecule has 7 atom stereocenters. The normalized spacial score (nSPS) is 33.9. The van der Waals surface area contributed by atoms with Gasteiger partial charge in [0.15, 0.2) is 0 Å². The van der Waals surface area contributed by atoms with Crippen molar-refractivity contribution in [3.8, 4) is 0 Å². The summed E-state index contributed by atoms with van der Waals surface area (Å²) in [5, 5.41) is 16.0. The standard InChI is InChI=1S/C14H19NO7.C5H12O3.C2HF3O2/c1-14(19-2)21-10-8-6-7(9(20-8)11(10)22-14)13(18)15(12(6)17)4-3-5-16;1-5(6-2,7-3)8-4;3-2(4,5)1(6)7/h6-11,16H,3-5H2,1-2H3;1-4H3;(H,6,7)/t6?,7?,8-,9?,10+,11?,14?;;/m0../s1. The van der Waals surface area contributed by atoms with Gasteiger partial charge in [0.05, 0.1) is 24.0 Å². The van der Waals surface area contributed by atoms with Crippen LogP contribution in [0.5, 0.6) is 0 Å². The average molecular weight is 547 g/mol. The van der Waals surface area contributed by atoms with Gasteiger partial charge in [-0.3, -0.25) is 14.5 Å². The summed E-state index contributed by atoms with van der Waals surface area (Å²) in [5.74, 6) is -6.28. The number of hydrogen-bond acceptors (Lipinski definition) is 11. The van der Waals surface area contributed by atoms with Crippen molar-refractivity contribution in [1.29, 1.82) is 0 Å². The van der Waals surface area contributed by atoms with Gasteiger partial charge >= 0.3 is 12.1 Å². The molecule has 2 bridgehead atoms. The van der Waals surface area contributed by atoms with E-state index in [1.165, 1.54) is 33.3 Å². The maximum absolute atomic E-state index is 12.5. The van der Waals surface area contributed by atoms with Crippen LogP contribution in [0.1, 0.15) is 20.3 Å². The van der Waals surface area contributed by atoms with Crippen LogP contribution in [0.4, 0.5) is 13.2 Å². The number of carbonyl (C=O) groups is 3. The van der Waals surface area contributed by atoms with E-state index in [2.05, 4.69) is 0 Å². The van der Waals surface area contributed by atoms with Crippen LogP contribution >= 0.6 is 0 Å². The average Bonchev–Trinajstić information content (AvgIpc) is 3.56. The number of imide groups is 1. The summed E-state index contributed by atoms with van der Waals surface area (Å²) in [6, 6.07) is 0. The van der Waals surface area contributed by atoms with Crippen molar-refractivity contribution in [1.82, 2.24) is 4.90 Å². The molecule has 4 saturated heterocycles. The summed E-state index contributed by atoms with van der Waals surface area (Å²) in [5.41, 5.74) is 0. The van der Waals surface area contributed by atoms with Crippen LogP contribution in [0.2, 0.25) is 0 Å². The van der Waals surface area contributed by atoms with Gasteiger partial charge in [-0.1, -0.05) is 0 Å². The van der Waals surface area contributed by atoms with E-state index in [1.807, 2.05) is 0 Å². The predicted octanol–water partition coefficient (Wildman–Crippen LogP) is 0.0877. The van der Waals surface area contributed by atoms with E-state index < -0.39 is 60.3 Å². The number of halogens is 3. The fourth-order valence-electron chi connectivity index (χ4n) is 4.34. The number of methoxy groups -OCH3 is 4. The summed E-state index contributed by atoms with van der Waals surface area (Å²) >= 11 is 0. The fourth-order valence-corrected chi connectivity index (χ4v) is 4.34. The zero-order chi connectivity index (χ0) is 28.3. The smallest absolute Gasteiger partial charge is 0.475 e. The first-order valence-corrected chi connectivity index (χ1v) is 11.1. The molecule has 0 aromatic carbocycles. The Bertz CT molecular complexity index is 792. The summed E-state index contributed by atoms with van der Waals surface area (Å²) in [4.78, 5) is 35.2. The molecule has 4 aliphatic heterocycles. The Morgan fingerprint density at radius 3 is 1.65 bits per heavy atom. The predicted molar refractivity (Wildman–Crippen MR) is 112 cm³/mol. The first-order valence-electron chi connectivity index (χ1n) is 11.1. The number of carboxylic acids is 1. The molecule has 0 aromatic heterocycles. The van der Waals surface area contributed by atoms with Crippen molar-refractivity contribution in [3.63, 3.8) is 0 Å². The zero-order valence-corrected chi connectivity index (χ0v) is 21.1. The van der Waals surface area contributed by atoms with E-state index >= 15 is 0 Å². The largest absolute Gasteiger partial charge is 0.490 e. The Labute approximate surface area is 210 Å². The molecular weight excluding hydrogens is 515 g/mol. The van der Waals surface area contributed by atoms with Crippen molar-refractivity contribution < 1.29 is 70.9 Å². The highest BCUT2D eigenvalue weighted by atomic mass is 19.4. The highest BCUT2D eigenvalue weighted by molar-refractivity contribution is 6.06. The number of fused-ring (bicyclic) bond motifs is 8. The summed E-state index contributed by atoms with van der Waals surface area (Å²) in [6.07, 6.45) is -6.45. The van der Waals surface area contributed by atoms with E-state index in [1.54, 1.807) is 13.8 Å². The maximum atomic E-state index is 12.5. The number of carboxylic acid groups (broad SMARTS) is 1. The second kappa shape index (κ2) is 11.9. The Morgan fingerprint density at radius 2 is 1.38 bits per heavy atom. The lowest BCUT2D eigenvalue weighted by Crippen LogP contribution is -2.46. The third-order valence-corrected chi connectivity index (χ3v) is 6.45. The number of aliphatic carboxylic acids is 1. The van der Waals surface area contributed by atoms with Gasteiger partial charge in [-0.05, 0) is 6.42 Å². The number of ether oxygens (including phenoxy) is 7. The van der Waals surface area contributed by atoms with Crippen molar-refractivity contribution >= 4 is 17.8 Å². The van der Waals surface area contributed by atoms with Gasteiger partial charge < -0.3 is 43.4 Å². The molecule has 5 unspecified atom stereocenters. The van der Waals surface area contributed by atoms with E-state index in [0.717, 1.165) is 0 Å². The second-order valence-electron chi connectivity index (χ2n) is 8.53. The summed E-state index contributed by atoms with van der Waals surface area (Å²) < 4.78 is 68.7. The molecule has 0 radical (unpaired) electrons. The lowest BCUT2D eigenvalue weighted by atomic mass is 9.78. The number of aliphatic hydroxyl groups is 1. The van der Waals surface area contributed by atoms with Gasteiger partial charge in [0.2, 0.25) is 11.8 Å². The highest BCUT2D eigenvalue weighted by Crippen LogP contribution is 2.54. The van der Waals surface area contributed by atoms with E-state index in [0.29, 0.717) is 6.42 Å². The van der Waals surface area contributed by atoms with Gasteiger partial charge in [-0.25, -0.2) is 4.79 Å². The summed E-state index contributed by atoms with van der Waals surface area (Å²) in [6.45, 7) is 3.54. The molecule has 4 fully saturated rings. The molecule has 2 amide bonds. The fraction of sp³-hybridized carbons (Fsp3) is 0.857. The van der Waals surface area contributed by atoms with Crippen LogP contribution in [0.25, 0.3) is 0 Å². The van der Waals surface area contributed by atoms with Gasteiger partial charge in [-0.2, -0.15) is 13.2 Å². The van der Waals surface area contributed by atoms with Gasteiger partial charge in [0, 0.05) is 55.4 Å². The monoisotopic (exact) mass is 547 g/mol. The van der Waals surface area contributed by atoms with Crippen LogP contribution in [0.15, 0.2) is 0 Å². The molecule has 4 rings (SSSR count). The lowest BCUT2D eigenvalue weighted by molar-refractivity contribution is -0.340. The van der Waals surface area contributed by atoms with Crippen molar-refractivity contribution in [2.45, 2.75) is 62.8 Å². The Kier molecular flexibility index (Phi) is 10.0. The van der Waals surface area contributed by atoms with Crippen molar-refractivity contribution in [2.24, 2.45) is 11.8 Å². The lowest BCUT2D eigenvalue weighted by Gasteiger charge is -2.24. The van der Waals surface area contributed by atoms with Crippen LogP contribution in [-0.2, 0) is 47.5 Å². The molecule has 4 heterocycles. The Balaban J connectivity index is 0.000000267. The van der Waals surface area contributed by atoms with Crippen LogP contribution in [-0.4, -0.2) is 117 Å². The molecule has 0 saturated carbocycles. The number of alkyl halides is 3. The van der Waals surface area contributed by atoms with Crippen LogP contribution in [0.3, 0.4) is 0 Å². The molecule has 4 aliphatic rings. The first-order chi connectivity index (χ1) is 17.1. The molecule has 214 valence electrons. The second-order valence-corrected chi connectivity index (χ2v) is 8.53. The third kappa shape index (κ3) is 6.39. The molecule has 2 N–H and O–H groups in total. The molecule has 16 heteroatoms. The minimum Gasteiger partial charge on any atom is -0.475 e. The van der Waals surface area contributed by atoms with Crippen molar-refractivity contribution in [2.75, 3.05) is 41.6 Å². The number of rotatable bonds is 7. The van der Waals surface area contributed by atoms with Crippen LogP contribution in [0, 0.1) is 11.8 Å². The number of amides is 2. The first kappa shape index (κ1) is 31.3. The van der Waals surface area contributed by atoms with Gasteiger partial charge in [0.25, 0.3) is 11.9 Å². The topological polar surface area (TPSA) is 160 Å². The molecule has 37 heavy (non-hydrogen) atoms. The Morgan fingerprint density at radius 1 is 0.973 bits per heavy atom. The minimum absolute atomic E-state index is 0.0561. The minimum atomic E-state index is -5.08. The molecule has 13 nitrogen and oxygen atoms in total. The Hall–Kier alpha value is -1.92. The number of hydrogen-bond donors (Lipinski definition) is 2.